The summed E-state index contributed by atoms with van der Waals surface area (Å²) in [6.07, 6.45) is 3.25. The predicted octanol–water partition coefficient (Wildman–Crippen LogP) is 3.02. The van der Waals surface area contributed by atoms with E-state index in [1.165, 1.54) is 18.9 Å². The van der Waals surface area contributed by atoms with Gasteiger partial charge in [0, 0.05) is 5.56 Å². The number of rotatable bonds is 3. The van der Waals surface area contributed by atoms with Crippen LogP contribution in [0, 0.1) is 11.7 Å². The zero-order chi connectivity index (χ0) is 11.8. The summed E-state index contributed by atoms with van der Waals surface area (Å²) in [5.41, 5.74) is 7.61. The van der Waals surface area contributed by atoms with Crippen molar-refractivity contribution in [2.75, 3.05) is 5.73 Å². The topological polar surface area (TPSA) is 52.0 Å². The quantitative estimate of drug-likeness (QED) is 0.884. The first-order valence-corrected chi connectivity index (χ1v) is 5.74. The van der Waals surface area contributed by atoms with Crippen LogP contribution in [0.2, 0.25) is 0 Å². The molecule has 0 atom stereocenters. The Kier molecular flexibility index (Phi) is 2.35. The van der Waals surface area contributed by atoms with Crippen LogP contribution in [0.15, 0.2) is 28.8 Å². The minimum Gasteiger partial charge on any atom is -0.367 e. The minimum absolute atomic E-state index is 0.200. The van der Waals surface area contributed by atoms with Crippen molar-refractivity contribution < 1.29 is 8.91 Å². The number of nitrogens with zero attached hydrogens (tertiary/aromatic N) is 1. The molecule has 1 heterocycles. The van der Waals surface area contributed by atoms with Crippen LogP contribution in [-0.4, -0.2) is 5.16 Å². The number of benzene rings is 1. The van der Waals surface area contributed by atoms with Gasteiger partial charge < -0.3 is 10.3 Å². The highest BCUT2D eigenvalue weighted by atomic mass is 19.1. The number of nitrogen functional groups attached to an aromatic ring is 1. The Labute approximate surface area is 98.4 Å². The molecule has 1 aromatic heterocycles. The number of hydrogen-bond donors (Lipinski definition) is 1. The van der Waals surface area contributed by atoms with E-state index in [1.54, 1.807) is 18.2 Å². The van der Waals surface area contributed by atoms with Crippen LogP contribution < -0.4 is 5.73 Å². The third-order valence-electron chi connectivity index (χ3n) is 3.11. The van der Waals surface area contributed by atoms with Gasteiger partial charge in [0.15, 0.2) is 0 Å². The van der Waals surface area contributed by atoms with Crippen LogP contribution in [0.25, 0.3) is 11.1 Å². The molecular weight excluding hydrogens is 219 g/mol. The van der Waals surface area contributed by atoms with E-state index in [9.17, 15) is 4.39 Å². The van der Waals surface area contributed by atoms with Gasteiger partial charge in [-0.05, 0) is 31.2 Å². The molecule has 3 nitrogen and oxygen atoms in total. The van der Waals surface area contributed by atoms with Crippen LogP contribution >= 0.6 is 0 Å². The number of halogens is 1. The lowest BCUT2D eigenvalue weighted by Crippen LogP contribution is -1.94. The first kappa shape index (κ1) is 10.3. The fourth-order valence-corrected chi connectivity index (χ4v) is 2.02. The van der Waals surface area contributed by atoms with Crippen molar-refractivity contribution in [1.82, 2.24) is 5.16 Å². The summed E-state index contributed by atoms with van der Waals surface area (Å²) < 4.78 is 18.7. The molecule has 1 aromatic carbocycles. The lowest BCUT2D eigenvalue weighted by atomic mass is 10.0. The summed E-state index contributed by atoms with van der Waals surface area (Å²) in [4.78, 5) is 0. The molecule has 0 amide bonds. The Balaban J connectivity index is 2.06. The molecule has 3 rings (SSSR count). The monoisotopic (exact) mass is 232 g/mol. The van der Waals surface area contributed by atoms with E-state index in [4.69, 9.17) is 10.3 Å². The first-order chi connectivity index (χ1) is 8.25. The number of anilines is 1. The maximum Gasteiger partial charge on any atom is 0.230 e. The molecular formula is C13H13FN2O. The van der Waals surface area contributed by atoms with Crippen molar-refractivity contribution in [1.29, 1.82) is 0 Å². The molecule has 1 aliphatic carbocycles. The van der Waals surface area contributed by atoms with E-state index in [2.05, 4.69) is 5.16 Å². The summed E-state index contributed by atoms with van der Waals surface area (Å²) in [7, 11) is 0. The van der Waals surface area contributed by atoms with Gasteiger partial charge in [0.05, 0.1) is 11.3 Å². The number of hydrogen-bond acceptors (Lipinski definition) is 3. The second kappa shape index (κ2) is 3.87. The zero-order valence-corrected chi connectivity index (χ0v) is 9.32. The van der Waals surface area contributed by atoms with Crippen molar-refractivity contribution in [3.05, 3.63) is 35.8 Å². The van der Waals surface area contributed by atoms with Crippen LogP contribution in [0.4, 0.5) is 10.3 Å². The van der Waals surface area contributed by atoms with Gasteiger partial charge in [-0.25, -0.2) is 4.39 Å². The third-order valence-corrected chi connectivity index (χ3v) is 3.11. The lowest BCUT2D eigenvalue weighted by molar-refractivity contribution is 0.426. The Bertz CT molecular complexity index is 546. The average molecular weight is 232 g/mol. The molecule has 0 spiro atoms. The average Bonchev–Trinajstić information content (AvgIpc) is 3.05. The van der Waals surface area contributed by atoms with Gasteiger partial charge in [-0.15, -0.1) is 0 Å². The molecule has 1 saturated carbocycles. The van der Waals surface area contributed by atoms with Crippen molar-refractivity contribution >= 4 is 5.88 Å². The third kappa shape index (κ3) is 1.90. The second-order valence-corrected chi connectivity index (χ2v) is 4.50. The van der Waals surface area contributed by atoms with Crippen molar-refractivity contribution in [2.45, 2.75) is 19.3 Å². The summed E-state index contributed by atoms with van der Waals surface area (Å²) in [6.45, 7) is 0. The largest absolute Gasteiger partial charge is 0.367 e. The molecule has 0 aliphatic heterocycles. The first-order valence-electron chi connectivity index (χ1n) is 5.74. The number of aromatic nitrogens is 1. The molecule has 0 saturated heterocycles. The van der Waals surface area contributed by atoms with E-state index >= 15 is 0 Å². The maximum absolute atomic E-state index is 13.7. The maximum atomic E-state index is 13.7. The molecule has 0 unspecified atom stereocenters. The van der Waals surface area contributed by atoms with Crippen molar-refractivity contribution in [2.24, 2.45) is 5.92 Å². The van der Waals surface area contributed by atoms with Gasteiger partial charge in [-0.1, -0.05) is 23.4 Å². The second-order valence-electron chi connectivity index (χ2n) is 4.50. The molecule has 2 N–H and O–H groups in total. The molecule has 2 aromatic rings. The Morgan fingerprint density at radius 2 is 2.12 bits per heavy atom. The Morgan fingerprint density at radius 3 is 2.82 bits per heavy atom. The highest BCUT2D eigenvalue weighted by molar-refractivity contribution is 5.75. The summed E-state index contributed by atoms with van der Waals surface area (Å²) in [5, 5.41) is 3.95. The van der Waals surface area contributed by atoms with Crippen LogP contribution in [-0.2, 0) is 6.42 Å². The normalized spacial score (nSPS) is 15.1. The van der Waals surface area contributed by atoms with Gasteiger partial charge in [-0.3, -0.25) is 0 Å². The summed E-state index contributed by atoms with van der Waals surface area (Å²) >= 11 is 0. The van der Waals surface area contributed by atoms with Crippen molar-refractivity contribution in [3.63, 3.8) is 0 Å². The number of nitrogens with two attached hydrogens (primary N) is 1. The van der Waals surface area contributed by atoms with Crippen LogP contribution in [0.5, 0.6) is 0 Å². The van der Waals surface area contributed by atoms with E-state index in [-0.39, 0.29) is 11.7 Å². The van der Waals surface area contributed by atoms with Gasteiger partial charge in [0.2, 0.25) is 5.88 Å². The van der Waals surface area contributed by atoms with Crippen molar-refractivity contribution in [3.8, 4) is 11.1 Å². The zero-order valence-electron chi connectivity index (χ0n) is 9.32. The fourth-order valence-electron chi connectivity index (χ4n) is 2.02. The van der Waals surface area contributed by atoms with Gasteiger partial charge in [0.1, 0.15) is 5.82 Å². The van der Waals surface area contributed by atoms with Gasteiger partial charge >= 0.3 is 0 Å². The van der Waals surface area contributed by atoms with E-state index in [1.807, 2.05) is 0 Å². The standard InChI is InChI=1S/C13H13FN2O/c14-10-4-2-1-3-9(10)12-11(7-8-5-6-8)16-17-13(12)15/h1-4,8H,5-7,15H2. The predicted molar refractivity (Wildman–Crippen MR) is 62.7 cm³/mol. The van der Waals surface area contributed by atoms with Gasteiger partial charge in [-0.2, -0.15) is 0 Å². The highest BCUT2D eigenvalue weighted by Crippen LogP contribution is 2.38. The highest BCUT2D eigenvalue weighted by Gasteiger charge is 2.27. The summed E-state index contributed by atoms with van der Waals surface area (Å²) in [6, 6.07) is 6.56. The van der Waals surface area contributed by atoms with E-state index < -0.39 is 0 Å². The molecule has 88 valence electrons. The molecule has 0 bridgehead atoms. The van der Waals surface area contributed by atoms with E-state index in [0.29, 0.717) is 17.0 Å². The molecule has 4 heteroatoms. The van der Waals surface area contributed by atoms with Gasteiger partial charge in [0.25, 0.3) is 0 Å². The molecule has 17 heavy (non-hydrogen) atoms. The molecule has 1 aliphatic rings. The molecule has 1 fully saturated rings. The Morgan fingerprint density at radius 1 is 1.35 bits per heavy atom. The smallest absolute Gasteiger partial charge is 0.230 e. The minimum atomic E-state index is -0.292. The van der Waals surface area contributed by atoms with Crippen LogP contribution in [0.1, 0.15) is 18.5 Å². The van der Waals surface area contributed by atoms with Crippen LogP contribution in [0.3, 0.4) is 0 Å². The fraction of sp³-hybridized carbons (Fsp3) is 0.308. The lowest BCUT2D eigenvalue weighted by Gasteiger charge is -2.03. The Hall–Kier alpha value is -1.84. The van der Waals surface area contributed by atoms with E-state index in [0.717, 1.165) is 12.1 Å². The molecule has 0 radical (unpaired) electrons. The summed E-state index contributed by atoms with van der Waals surface area (Å²) in [5.74, 6) is 0.565. The SMILES string of the molecule is Nc1onc(CC2CC2)c1-c1ccccc1F.